The first-order chi connectivity index (χ1) is 5.12. The summed E-state index contributed by atoms with van der Waals surface area (Å²) in [5, 5.41) is 8.63. The van der Waals surface area contributed by atoms with E-state index >= 15 is 0 Å². The summed E-state index contributed by atoms with van der Waals surface area (Å²) >= 11 is 0. The maximum Gasteiger partial charge on any atom is 0.284 e. The van der Waals surface area contributed by atoms with Gasteiger partial charge in [0.2, 0.25) is 0 Å². The van der Waals surface area contributed by atoms with Crippen molar-refractivity contribution in [2.45, 2.75) is 13.0 Å². The third-order valence-corrected chi connectivity index (χ3v) is 3.38. The Balaban J connectivity index is 4.47. The summed E-state index contributed by atoms with van der Waals surface area (Å²) in [4.78, 5) is 0. The maximum absolute atomic E-state index is 10.7. The molecule has 0 heterocycles. The van der Waals surface area contributed by atoms with E-state index in [1.54, 1.807) is 0 Å². The van der Waals surface area contributed by atoms with Crippen molar-refractivity contribution in [1.29, 1.82) is 0 Å². The first-order valence-corrected chi connectivity index (χ1v) is 6.33. The summed E-state index contributed by atoms with van der Waals surface area (Å²) in [6.45, 7) is 1.21. The molecule has 0 aliphatic carbocycles. The average Bonchev–Trinajstić information content (AvgIpc) is 1.48. The van der Waals surface area contributed by atoms with Gasteiger partial charge in [0.15, 0.2) is 0 Å². The Bertz CT molecular complexity index is 323. The van der Waals surface area contributed by atoms with Crippen molar-refractivity contribution in [2.75, 3.05) is 12.0 Å². The quantitative estimate of drug-likeness (QED) is 0.628. The number of aliphatic hydroxyl groups is 1. The lowest BCUT2D eigenvalue weighted by molar-refractivity contribution is 0.216. The highest BCUT2D eigenvalue weighted by Gasteiger charge is 2.20. The van der Waals surface area contributed by atoms with Crippen LogP contribution in [0.1, 0.15) is 6.92 Å². The fraction of sp³-hybridized carbons (Fsp3) is 1.00. The second kappa shape index (κ2) is 3.69. The monoisotopic (exact) mass is 218 g/mol. The van der Waals surface area contributed by atoms with E-state index in [1.165, 1.54) is 6.92 Å². The Labute approximate surface area is 71.4 Å². The van der Waals surface area contributed by atoms with E-state index < -0.39 is 32.1 Å². The highest BCUT2D eigenvalue weighted by atomic mass is 32.3. The van der Waals surface area contributed by atoms with Gasteiger partial charge in [-0.3, -0.25) is 0 Å². The van der Waals surface area contributed by atoms with E-state index in [9.17, 15) is 16.8 Å². The SMILES string of the molecule is CC(O)CS(=O)(=O)OS(C)(=O)=O. The van der Waals surface area contributed by atoms with Crippen molar-refractivity contribution >= 4 is 20.2 Å². The Morgan fingerprint density at radius 3 is 2.00 bits per heavy atom. The second-order valence-corrected chi connectivity index (χ2v) is 5.75. The lowest BCUT2D eigenvalue weighted by atomic mass is 10.5. The van der Waals surface area contributed by atoms with Crippen LogP contribution in [0.5, 0.6) is 0 Å². The van der Waals surface area contributed by atoms with Crippen LogP contribution in [-0.4, -0.2) is 40.1 Å². The molecular weight excluding hydrogens is 208 g/mol. The van der Waals surface area contributed by atoms with Crippen LogP contribution < -0.4 is 0 Å². The number of aliphatic hydroxyl groups excluding tert-OH is 1. The molecule has 0 radical (unpaired) electrons. The van der Waals surface area contributed by atoms with E-state index in [-0.39, 0.29) is 0 Å². The molecule has 0 saturated heterocycles. The minimum atomic E-state index is -4.18. The standard InChI is InChI=1S/C4H10O6S2/c1-4(5)3-12(8,9)10-11(2,6)7/h4-5H,3H2,1-2H3. The van der Waals surface area contributed by atoms with Crippen LogP contribution >= 0.6 is 0 Å². The van der Waals surface area contributed by atoms with Gasteiger partial charge in [-0.15, -0.1) is 3.63 Å². The summed E-state index contributed by atoms with van der Waals surface area (Å²) in [5.41, 5.74) is 0. The second-order valence-electron chi connectivity index (χ2n) is 2.35. The van der Waals surface area contributed by atoms with Crippen LogP contribution in [0.15, 0.2) is 0 Å². The summed E-state index contributed by atoms with van der Waals surface area (Å²) in [7, 11) is -8.20. The average molecular weight is 218 g/mol. The van der Waals surface area contributed by atoms with Crippen LogP contribution in [0.3, 0.4) is 0 Å². The summed E-state index contributed by atoms with van der Waals surface area (Å²) < 4.78 is 45.8. The molecule has 0 aliphatic rings. The molecule has 0 aliphatic heterocycles. The van der Waals surface area contributed by atoms with Gasteiger partial charge in [-0.25, -0.2) is 0 Å². The molecule has 0 fully saturated rings. The molecule has 0 aromatic rings. The molecule has 6 nitrogen and oxygen atoms in total. The molecule has 74 valence electrons. The van der Waals surface area contributed by atoms with Gasteiger partial charge in [0.1, 0.15) is 5.75 Å². The van der Waals surface area contributed by atoms with Crippen LogP contribution in [0.25, 0.3) is 0 Å². The minimum Gasteiger partial charge on any atom is -0.392 e. The van der Waals surface area contributed by atoms with Crippen molar-refractivity contribution in [1.82, 2.24) is 0 Å². The van der Waals surface area contributed by atoms with E-state index in [4.69, 9.17) is 5.11 Å². The summed E-state index contributed by atoms with van der Waals surface area (Å²) in [6, 6.07) is 0. The van der Waals surface area contributed by atoms with Gasteiger partial charge in [0.05, 0.1) is 12.4 Å². The van der Waals surface area contributed by atoms with E-state index in [1.807, 2.05) is 0 Å². The first-order valence-electron chi connectivity index (χ1n) is 2.94. The maximum atomic E-state index is 10.7. The molecule has 0 spiro atoms. The molecule has 0 aromatic carbocycles. The minimum absolute atomic E-state index is 0.618. The highest BCUT2D eigenvalue weighted by Crippen LogP contribution is 2.01. The highest BCUT2D eigenvalue weighted by molar-refractivity contribution is 7.99. The molecule has 1 unspecified atom stereocenters. The number of hydrogen-bond acceptors (Lipinski definition) is 6. The normalized spacial score (nSPS) is 15.9. The van der Waals surface area contributed by atoms with Crippen molar-refractivity contribution < 1.29 is 25.6 Å². The van der Waals surface area contributed by atoms with Crippen molar-refractivity contribution in [3.8, 4) is 0 Å². The van der Waals surface area contributed by atoms with Crippen molar-refractivity contribution in [3.63, 3.8) is 0 Å². The molecule has 0 saturated carbocycles. The van der Waals surface area contributed by atoms with Crippen LogP contribution in [-0.2, 0) is 23.9 Å². The predicted octanol–water partition coefficient (Wildman–Crippen LogP) is -1.33. The summed E-state index contributed by atoms with van der Waals surface area (Å²) in [5.74, 6) is -0.736. The lowest BCUT2D eigenvalue weighted by Gasteiger charge is -2.03. The van der Waals surface area contributed by atoms with Crippen LogP contribution in [0, 0.1) is 0 Å². The zero-order valence-corrected chi connectivity index (χ0v) is 8.22. The Hall–Kier alpha value is -0.180. The molecule has 8 heteroatoms. The van der Waals surface area contributed by atoms with Crippen LogP contribution in [0.4, 0.5) is 0 Å². The Kier molecular flexibility index (Phi) is 3.63. The Morgan fingerprint density at radius 2 is 1.75 bits per heavy atom. The topological polar surface area (TPSA) is 97.7 Å². The smallest absolute Gasteiger partial charge is 0.284 e. The van der Waals surface area contributed by atoms with Gasteiger partial charge < -0.3 is 5.11 Å². The van der Waals surface area contributed by atoms with E-state index in [0.717, 1.165) is 0 Å². The van der Waals surface area contributed by atoms with E-state index in [2.05, 4.69) is 3.63 Å². The van der Waals surface area contributed by atoms with Gasteiger partial charge in [-0.1, -0.05) is 0 Å². The molecule has 1 N–H and O–H groups in total. The fourth-order valence-corrected chi connectivity index (χ4v) is 2.83. The number of hydrogen-bond donors (Lipinski definition) is 1. The fourth-order valence-electron chi connectivity index (χ4n) is 0.512. The summed E-state index contributed by atoms with van der Waals surface area (Å²) in [6.07, 6.45) is -0.538. The zero-order valence-electron chi connectivity index (χ0n) is 6.59. The van der Waals surface area contributed by atoms with E-state index in [0.29, 0.717) is 6.26 Å². The van der Waals surface area contributed by atoms with Crippen LogP contribution in [0.2, 0.25) is 0 Å². The molecule has 0 rings (SSSR count). The Morgan fingerprint density at radius 1 is 1.33 bits per heavy atom. The molecule has 0 aromatic heterocycles. The van der Waals surface area contributed by atoms with Crippen molar-refractivity contribution in [3.05, 3.63) is 0 Å². The van der Waals surface area contributed by atoms with Gasteiger partial charge in [0, 0.05) is 0 Å². The molecule has 12 heavy (non-hydrogen) atoms. The molecule has 0 amide bonds. The first kappa shape index (κ1) is 11.8. The third kappa shape index (κ3) is 6.53. The van der Waals surface area contributed by atoms with Gasteiger partial charge in [0.25, 0.3) is 20.2 Å². The van der Waals surface area contributed by atoms with Gasteiger partial charge in [-0.05, 0) is 6.92 Å². The zero-order chi connectivity index (χ0) is 9.99. The third-order valence-electron chi connectivity index (χ3n) is 0.673. The predicted molar refractivity (Wildman–Crippen MR) is 41.4 cm³/mol. The molecule has 0 bridgehead atoms. The van der Waals surface area contributed by atoms with Gasteiger partial charge in [-0.2, -0.15) is 16.8 Å². The number of rotatable bonds is 4. The lowest BCUT2D eigenvalue weighted by Crippen LogP contribution is -2.22. The molecular formula is C4H10O6S2. The molecule has 1 atom stereocenters. The van der Waals surface area contributed by atoms with Crippen molar-refractivity contribution in [2.24, 2.45) is 0 Å². The largest absolute Gasteiger partial charge is 0.392 e. The van der Waals surface area contributed by atoms with Gasteiger partial charge >= 0.3 is 0 Å².